The number of nitrogens with zero attached hydrogens (tertiary/aromatic N) is 2. The van der Waals surface area contributed by atoms with Gasteiger partial charge in [-0.3, -0.25) is 10.1 Å². The first kappa shape index (κ1) is 9.68. The van der Waals surface area contributed by atoms with Crippen LogP contribution in [0.25, 0.3) is 4.85 Å². The van der Waals surface area contributed by atoms with Crippen molar-refractivity contribution in [2.24, 2.45) is 0 Å². The topological polar surface area (TPSA) is 47.5 Å². The van der Waals surface area contributed by atoms with Crippen molar-refractivity contribution in [3.63, 3.8) is 0 Å². The van der Waals surface area contributed by atoms with Crippen molar-refractivity contribution < 1.29 is 4.92 Å². The molecule has 0 saturated heterocycles. The van der Waals surface area contributed by atoms with E-state index in [9.17, 15) is 10.1 Å². The lowest BCUT2D eigenvalue weighted by atomic mass is 10.2. The minimum atomic E-state index is -0.474. The lowest BCUT2D eigenvalue weighted by Crippen LogP contribution is -1.89. The van der Waals surface area contributed by atoms with E-state index < -0.39 is 4.92 Å². The van der Waals surface area contributed by atoms with Crippen LogP contribution in [0.2, 0.25) is 0 Å². The second-order valence-electron chi connectivity index (χ2n) is 2.39. The van der Waals surface area contributed by atoms with E-state index in [-0.39, 0.29) is 12.2 Å². The van der Waals surface area contributed by atoms with Gasteiger partial charge >= 0.3 is 0 Å². The molecule has 0 aliphatic heterocycles. The number of benzene rings is 1. The monoisotopic (exact) mass is 240 g/mol. The summed E-state index contributed by atoms with van der Waals surface area (Å²) in [6, 6.07) is 4.52. The zero-order valence-corrected chi connectivity index (χ0v) is 8.11. The molecule has 0 saturated carbocycles. The summed E-state index contributed by atoms with van der Waals surface area (Å²) < 4.78 is 0.625. The summed E-state index contributed by atoms with van der Waals surface area (Å²) in [5.41, 5.74) is 0.657. The highest BCUT2D eigenvalue weighted by Crippen LogP contribution is 2.21. The summed E-state index contributed by atoms with van der Waals surface area (Å²) in [5.74, 6) is 0. The second-order valence-corrected chi connectivity index (χ2v) is 3.31. The predicted molar refractivity (Wildman–Crippen MR) is 51.1 cm³/mol. The van der Waals surface area contributed by atoms with E-state index in [1.54, 1.807) is 6.07 Å². The Morgan fingerprint density at radius 1 is 1.54 bits per heavy atom. The Balaban J connectivity index is 3.12. The molecule has 0 fully saturated rings. The van der Waals surface area contributed by atoms with Crippen LogP contribution in [0.3, 0.4) is 0 Å². The summed E-state index contributed by atoms with van der Waals surface area (Å²) in [7, 11) is 0. The molecule has 1 aromatic carbocycles. The highest BCUT2D eigenvalue weighted by atomic mass is 79.9. The SMILES string of the molecule is [C-]#[N+]Cc1cc(Br)cc([N+](=O)[O-])c1. The third kappa shape index (κ3) is 2.53. The Bertz CT molecular complexity index is 384. The van der Waals surface area contributed by atoms with Gasteiger partial charge in [-0.1, -0.05) is 15.9 Å². The molecule has 0 radical (unpaired) electrons. The Labute approximate surface area is 83.3 Å². The van der Waals surface area contributed by atoms with Gasteiger partial charge in [0.15, 0.2) is 0 Å². The van der Waals surface area contributed by atoms with Gasteiger partial charge in [0.2, 0.25) is 6.54 Å². The van der Waals surface area contributed by atoms with Gasteiger partial charge in [0.05, 0.1) is 4.92 Å². The van der Waals surface area contributed by atoms with Crippen molar-refractivity contribution in [2.45, 2.75) is 6.54 Å². The smallest absolute Gasteiger partial charge is 0.271 e. The quantitative estimate of drug-likeness (QED) is 0.454. The number of rotatable bonds is 2. The summed E-state index contributed by atoms with van der Waals surface area (Å²) in [6.45, 7) is 6.80. The summed E-state index contributed by atoms with van der Waals surface area (Å²) in [4.78, 5) is 13.1. The number of non-ortho nitro benzene ring substituents is 1. The highest BCUT2D eigenvalue weighted by molar-refractivity contribution is 9.10. The summed E-state index contributed by atoms with van der Waals surface area (Å²) in [5, 5.41) is 10.4. The van der Waals surface area contributed by atoms with Gasteiger partial charge in [-0.2, -0.15) is 0 Å². The molecule has 0 aliphatic carbocycles. The molecule has 4 nitrogen and oxygen atoms in total. The third-order valence-electron chi connectivity index (χ3n) is 1.41. The maximum atomic E-state index is 10.4. The average Bonchev–Trinajstić information content (AvgIpc) is 2.03. The van der Waals surface area contributed by atoms with Crippen molar-refractivity contribution in [3.8, 4) is 0 Å². The molecule has 0 atom stereocenters. The fourth-order valence-electron chi connectivity index (χ4n) is 0.921. The molecular weight excluding hydrogens is 236 g/mol. The molecule has 1 aromatic rings. The molecule has 1 rings (SSSR count). The number of nitro benzene ring substituents is 1. The number of halogens is 1. The first-order chi connectivity index (χ1) is 6.13. The van der Waals surface area contributed by atoms with Gasteiger partial charge in [0, 0.05) is 22.2 Å². The Morgan fingerprint density at radius 2 is 2.23 bits per heavy atom. The fourth-order valence-corrected chi connectivity index (χ4v) is 1.45. The van der Waals surface area contributed by atoms with Gasteiger partial charge in [0.25, 0.3) is 5.69 Å². The molecule has 0 aromatic heterocycles. The van der Waals surface area contributed by atoms with E-state index in [4.69, 9.17) is 6.57 Å². The highest BCUT2D eigenvalue weighted by Gasteiger charge is 2.09. The number of hydrogen-bond donors (Lipinski definition) is 0. The van der Waals surface area contributed by atoms with Crippen LogP contribution in [-0.4, -0.2) is 4.92 Å². The van der Waals surface area contributed by atoms with Crippen molar-refractivity contribution in [2.75, 3.05) is 0 Å². The molecule has 0 amide bonds. The second kappa shape index (κ2) is 4.01. The number of nitro groups is 1. The molecule has 0 N–H and O–H groups in total. The van der Waals surface area contributed by atoms with E-state index in [1.165, 1.54) is 12.1 Å². The molecule has 13 heavy (non-hydrogen) atoms. The maximum Gasteiger partial charge on any atom is 0.271 e. The van der Waals surface area contributed by atoms with Crippen LogP contribution in [0.5, 0.6) is 0 Å². The van der Waals surface area contributed by atoms with Gasteiger partial charge in [-0.25, -0.2) is 6.57 Å². The van der Waals surface area contributed by atoms with Crippen molar-refractivity contribution >= 4 is 21.6 Å². The van der Waals surface area contributed by atoms with E-state index in [1.807, 2.05) is 0 Å². The molecule has 0 spiro atoms. The lowest BCUT2D eigenvalue weighted by Gasteiger charge is -1.95. The van der Waals surface area contributed by atoms with E-state index in [0.717, 1.165) is 0 Å². The van der Waals surface area contributed by atoms with E-state index in [0.29, 0.717) is 10.0 Å². The third-order valence-corrected chi connectivity index (χ3v) is 1.87. The van der Waals surface area contributed by atoms with Crippen LogP contribution in [0, 0.1) is 16.7 Å². The lowest BCUT2D eigenvalue weighted by molar-refractivity contribution is -0.385. The van der Waals surface area contributed by atoms with Gasteiger partial charge < -0.3 is 4.85 Å². The Kier molecular flexibility index (Phi) is 2.98. The van der Waals surface area contributed by atoms with Crippen LogP contribution in [0.1, 0.15) is 5.56 Å². The largest absolute Gasteiger partial charge is 0.312 e. The van der Waals surface area contributed by atoms with E-state index >= 15 is 0 Å². The van der Waals surface area contributed by atoms with Gasteiger partial charge in [-0.05, 0) is 6.07 Å². The minimum Gasteiger partial charge on any atom is -0.312 e. The van der Waals surface area contributed by atoms with Gasteiger partial charge in [0.1, 0.15) is 0 Å². The van der Waals surface area contributed by atoms with Crippen LogP contribution < -0.4 is 0 Å². The molecule has 0 heterocycles. The van der Waals surface area contributed by atoms with Crippen LogP contribution >= 0.6 is 15.9 Å². The molecule has 5 heteroatoms. The van der Waals surface area contributed by atoms with Gasteiger partial charge in [-0.15, -0.1) is 0 Å². The van der Waals surface area contributed by atoms with Crippen LogP contribution in [0.15, 0.2) is 22.7 Å². The molecule has 0 aliphatic rings. The molecular formula is C8H5BrN2O2. The van der Waals surface area contributed by atoms with Crippen LogP contribution in [-0.2, 0) is 6.54 Å². The molecule has 0 bridgehead atoms. The predicted octanol–water partition coefficient (Wildman–Crippen LogP) is 2.78. The average molecular weight is 241 g/mol. The first-order valence-corrected chi connectivity index (χ1v) is 4.20. The zero-order valence-electron chi connectivity index (χ0n) is 6.53. The fraction of sp³-hybridized carbons (Fsp3) is 0.125. The van der Waals surface area contributed by atoms with Crippen LogP contribution in [0.4, 0.5) is 5.69 Å². The minimum absolute atomic E-state index is 0.00743. The molecule has 0 unspecified atom stereocenters. The number of hydrogen-bond acceptors (Lipinski definition) is 2. The normalized spacial score (nSPS) is 9.23. The summed E-state index contributed by atoms with van der Waals surface area (Å²) in [6.07, 6.45) is 0. The van der Waals surface area contributed by atoms with E-state index in [2.05, 4.69) is 20.8 Å². The van der Waals surface area contributed by atoms with Crippen molar-refractivity contribution in [3.05, 3.63) is 49.8 Å². The first-order valence-electron chi connectivity index (χ1n) is 3.40. The van der Waals surface area contributed by atoms with Crippen molar-refractivity contribution in [1.29, 1.82) is 0 Å². The Hall–Kier alpha value is -1.41. The summed E-state index contributed by atoms with van der Waals surface area (Å²) >= 11 is 3.14. The standard InChI is InChI=1S/C8H5BrN2O2/c1-10-5-6-2-7(9)4-8(3-6)11(12)13/h2-4H,5H2. The van der Waals surface area contributed by atoms with Crippen molar-refractivity contribution in [1.82, 2.24) is 0 Å². The zero-order chi connectivity index (χ0) is 9.84. The maximum absolute atomic E-state index is 10.4. The Morgan fingerprint density at radius 3 is 2.77 bits per heavy atom. The molecule has 66 valence electrons.